The molecule has 1 saturated heterocycles. The van der Waals surface area contributed by atoms with Gasteiger partial charge in [0.15, 0.2) is 0 Å². The molecule has 1 N–H and O–H groups in total. The van der Waals surface area contributed by atoms with Crippen LogP contribution >= 0.6 is 0 Å². The van der Waals surface area contributed by atoms with E-state index in [2.05, 4.69) is 5.32 Å². The van der Waals surface area contributed by atoms with Gasteiger partial charge in [0.05, 0.1) is 25.4 Å². The number of anilines is 1. The summed E-state index contributed by atoms with van der Waals surface area (Å²) in [5.74, 6) is -0.617. The Balaban J connectivity index is 1.57. The van der Waals surface area contributed by atoms with Crippen molar-refractivity contribution in [3.63, 3.8) is 0 Å². The second-order valence-electron chi connectivity index (χ2n) is 7.36. The fourth-order valence-electron chi connectivity index (χ4n) is 4.16. The Labute approximate surface area is 167 Å². The van der Waals surface area contributed by atoms with Gasteiger partial charge < -0.3 is 19.7 Å². The van der Waals surface area contributed by atoms with Crippen LogP contribution in [0.5, 0.6) is 0 Å². The number of fused-ring (bicyclic) bond motifs is 3. The number of carbonyl (C=O) groups is 3. The number of rotatable bonds is 3. The van der Waals surface area contributed by atoms with Gasteiger partial charge in [0.1, 0.15) is 11.9 Å². The molecular formula is C20H22FN3O5. The van der Waals surface area contributed by atoms with Crippen molar-refractivity contribution in [3.8, 4) is 0 Å². The molecule has 0 radical (unpaired) electrons. The largest absolute Gasteiger partial charge is 0.453 e. The third-order valence-electron chi connectivity index (χ3n) is 5.61. The topological polar surface area (TPSA) is 88.2 Å². The number of ether oxygens (including phenoxy) is 2. The second-order valence-corrected chi connectivity index (χ2v) is 7.36. The Morgan fingerprint density at radius 2 is 2.17 bits per heavy atom. The first kappa shape index (κ1) is 19.2. The van der Waals surface area contributed by atoms with Crippen molar-refractivity contribution in [1.82, 2.24) is 10.2 Å². The van der Waals surface area contributed by atoms with Crippen LogP contribution in [-0.4, -0.2) is 61.9 Å². The van der Waals surface area contributed by atoms with Gasteiger partial charge in [-0.15, -0.1) is 0 Å². The molecule has 1 aromatic carbocycles. The van der Waals surface area contributed by atoms with Crippen molar-refractivity contribution >= 4 is 29.4 Å². The molecule has 3 aliphatic rings. The molecule has 0 saturated carbocycles. The SMILES string of the molecule is COC(=O)N1CC=C(c2cc3c(cc2F)N2C(=O)O[C@@H](CNC(C)=O)[C@@H]2C3)CC1. The summed E-state index contributed by atoms with van der Waals surface area (Å²) < 4.78 is 25.0. The highest BCUT2D eigenvalue weighted by molar-refractivity contribution is 5.94. The van der Waals surface area contributed by atoms with Gasteiger partial charge in [-0.1, -0.05) is 6.08 Å². The zero-order chi connectivity index (χ0) is 20.7. The number of cyclic esters (lactones) is 1. The van der Waals surface area contributed by atoms with E-state index in [1.165, 1.54) is 25.0 Å². The van der Waals surface area contributed by atoms with Crippen molar-refractivity contribution in [3.05, 3.63) is 35.2 Å². The zero-order valence-electron chi connectivity index (χ0n) is 16.2. The summed E-state index contributed by atoms with van der Waals surface area (Å²) in [6.07, 6.45) is 1.47. The van der Waals surface area contributed by atoms with Crippen LogP contribution in [0.25, 0.3) is 5.57 Å². The first-order valence-corrected chi connectivity index (χ1v) is 9.48. The van der Waals surface area contributed by atoms with Crippen LogP contribution in [0.1, 0.15) is 24.5 Å². The summed E-state index contributed by atoms with van der Waals surface area (Å²) in [6.45, 7) is 2.44. The maximum atomic E-state index is 14.9. The van der Waals surface area contributed by atoms with Gasteiger partial charge in [-0.25, -0.2) is 14.0 Å². The number of benzene rings is 1. The lowest BCUT2D eigenvalue weighted by atomic mass is 9.95. The first-order chi connectivity index (χ1) is 13.9. The summed E-state index contributed by atoms with van der Waals surface area (Å²) in [5, 5.41) is 2.67. The molecule has 3 amide bonds. The Morgan fingerprint density at radius 3 is 2.83 bits per heavy atom. The van der Waals surface area contributed by atoms with E-state index in [-0.39, 0.29) is 18.5 Å². The minimum atomic E-state index is -0.526. The molecule has 154 valence electrons. The number of amides is 3. The average Bonchev–Trinajstić information content (AvgIpc) is 3.22. The quantitative estimate of drug-likeness (QED) is 0.835. The first-order valence-electron chi connectivity index (χ1n) is 9.48. The van der Waals surface area contributed by atoms with Gasteiger partial charge in [-0.2, -0.15) is 0 Å². The number of nitrogens with one attached hydrogen (secondary N) is 1. The van der Waals surface area contributed by atoms with Crippen LogP contribution in [-0.2, 0) is 20.7 Å². The lowest BCUT2D eigenvalue weighted by Gasteiger charge is -2.25. The van der Waals surface area contributed by atoms with E-state index in [9.17, 15) is 18.8 Å². The standard InChI is InChI=1S/C20H22FN3O5/c1-11(25)22-10-18-17-8-13-7-14(12-3-5-23(6-4-12)19(26)28-2)15(21)9-16(13)24(17)20(27)29-18/h3,7,9,17-18H,4-6,8,10H2,1-2H3,(H,22,25)/t17-,18-/m0/s1. The lowest BCUT2D eigenvalue weighted by molar-refractivity contribution is -0.119. The monoisotopic (exact) mass is 403 g/mol. The fraction of sp³-hybridized carbons (Fsp3) is 0.450. The van der Waals surface area contributed by atoms with E-state index in [1.807, 2.05) is 6.08 Å². The summed E-state index contributed by atoms with van der Waals surface area (Å²) in [6, 6.07) is 2.89. The number of methoxy groups -OCH3 is 1. The highest BCUT2D eigenvalue weighted by atomic mass is 19.1. The summed E-state index contributed by atoms with van der Waals surface area (Å²) in [5.41, 5.74) is 2.70. The summed E-state index contributed by atoms with van der Waals surface area (Å²) in [7, 11) is 1.33. The minimum Gasteiger partial charge on any atom is -0.453 e. The van der Waals surface area contributed by atoms with E-state index < -0.39 is 24.1 Å². The molecule has 2 atom stereocenters. The van der Waals surface area contributed by atoms with Crippen LogP contribution in [0.2, 0.25) is 0 Å². The predicted molar refractivity (Wildman–Crippen MR) is 102 cm³/mol. The molecule has 0 bridgehead atoms. The number of carbonyl (C=O) groups excluding carboxylic acids is 3. The fourth-order valence-corrected chi connectivity index (χ4v) is 4.16. The van der Waals surface area contributed by atoms with Crippen LogP contribution in [0.3, 0.4) is 0 Å². The van der Waals surface area contributed by atoms with E-state index in [0.717, 1.165) is 11.1 Å². The van der Waals surface area contributed by atoms with Crippen molar-refractivity contribution in [2.45, 2.75) is 31.9 Å². The number of nitrogens with zero attached hydrogens (tertiary/aromatic N) is 2. The molecule has 4 rings (SSSR count). The molecule has 9 heteroatoms. The molecule has 1 fully saturated rings. The Bertz CT molecular complexity index is 916. The number of hydrogen-bond donors (Lipinski definition) is 1. The van der Waals surface area contributed by atoms with E-state index in [4.69, 9.17) is 9.47 Å². The van der Waals surface area contributed by atoms with Crippen LogP contribution in [0.4, 0.5) is 19.7 Å². The van der Waals surface area contributed by atoms with E-state index in [1.54, 1.807) is 11.0 Å². The molecule has 1 aromatic rings. The smallest absolute Gasteiger partial charge is 0.415 e. The maximum Gasteiger partial charge on any atom is 0.415 e. The van der Waals surface area contributed by atoms with Gasteiger partial charge in [0, 0.05) is 25.6 Å². The normalized spacial score (nSPS) is 22.6. The minimum absolute atomic E-state index is 0.200. The van der Waals surface area contributed by atoms with Gasteiger partial charge in [0.2, 0.25) is 5.91 Å². The second kappa shape index (κ2) is 7.38. The van der Waals surface area contributed by atoms with Gasteiger partial charge in [0.25, 0.3) is 0 Å². The van der Waals surface area contributed by atoms with Crippen molar-refractivity contribution < 1.29 is 28.2 Å². The zero-order valence-corrected chi connectivity index (χ0v) is 16.2. The van der Waals surface area contributed by atoms with Crippen LogP contribution < -0.4 is 10.2 Å². The van der Waals surface area contributed by atoms with Crippen molar-refractivity contribution in [1.29, 1.82) is 0 Å². The van der Waals surface area contributed by atoms with Crippen molar-refractivity contribution in [2.24, 2.45) is 0 Å². The van der Waals surface area contributed by atoms with Gasteiger partial charge in [-0.3, -0.25) is 9.69 Å². The molecule has 0 spiro atoms. The molecule has 3 aliphatic heterocycles. The Morgan fingerprint density at radius 1 is 1.38 bits per heavy atom. The highest BCUT2D eigenvalue weighted by Gasteiger charge is 2.47. The lowest BCUT2D eigenvalue weighted by Crippen LogP contribution is -2.40. The third-order valence-corrected chi connectivity index (χ3v) is 5.61. The number of halogens is 1. The predicted octanol–water partition coefficient (Wildman–Crippen LogP) is 2.07. The average molecular weight is 403 g/mol. The molecular weight excluding hydrogens is 381 g/mol. The summed E-state index contributed by atoms with van der Waals surface area (Å²) in [4.78, 5) is 38.1. The molecule has 0 unspecified atom stereocenters. The Hall–Kier alpha value is -3.10. The van der Waals surface area contributed by atoms with Crippen LogP contribution in [0.15, 0.2) is 18.2 Å². The maximum absolute atomic E-state index is 14.9. The molecule has 29 heavy (non-hydrogen) atoms. The van der Waals surface area contributed by atoms with Crippen LogP contribution in [0, 0.1) is 5.82 Å². The number of hydrogen-bond acceptors (Lipinski definition) is 5. The molecule has 0 aromatic heterocycles. The summed E-state index contributed by atoms with van der Waals surface area (Å²) >= 11 is 0. The van der Waals surface area contributed by atoms with Gasteiger partial charge >= 0.3 is 12.2 Å². The Kier molecular flexibility index (Phi) is 4.89. The third kappa shape index (κ3) is 3.41. The van der Waals surface area contributed by atoms with Gasteiger partial charge in [-0.05, 0) is 36.1 Å². The molecule has 3 heterocycles. The highest BCUT2D eigenvalue weighted by Crippen LogP contribution is 2.41. The molecule has 0 aliphatic carbocycles. The molecule has 8 nitrogen and oxygen atoms in total. The van der Waals surface area contributed by atoms with Crippen molar-refractivity contribution in [2.75, 3.05) is 31.6 Å². The van der Waals surface area contributed by atoms with E-state index >= 15 is 0 Å². The van der Waals surface area contributed by atoms with E-state index in [0.29, 0.717) is 37.2 Å².